The minimum Gasteiger partial charge on any atom is -0.326 e. The number of amides is 2. The van der Waals surface area contributed by atoms with Gasteiger partial charge in [0.15, 0.2) is 0 Å². The second-order valence-corrected chi connectivity index (χ2v) is 5.83. The van der Waals surface area contributed by atoms with Crippen LogP contribution in [0.2, 0.25) is 0 Å². The van der Waals surface area contributed by atoms with Gasteiger partial charge in [0, 0.05) is 17.7 Å². The second-order valence-electron chi connectivity index (χ2n) is 5.83. The van der Waals surface area contributed by atoms with Crippen LogP contribution in [0.15, 0.2) is 53.6 Å². The summed E-state index contributed by atoms with van der Waals surface area (Å²) < 4.78 is 12.8. The SMILES string of the molecule is CCCCCC(=O)Nc1ccc(C(=O)N/N=C\c2ccc(F)cc2)cc1. The van der Waals surface area contributed by atoms with Crippen LogP contribution < -0.4 is 10.7 Å². The number of carbonyl (C=O) groups is 2. The Balaban J connectivity index is 1.84. The van der Waals surface area contributed by atoms with Crippen molar-refractivity contribution in [2.24, 2.45) is 5.10 Å². The molecule has 5 nitrogen and oxygen atoms in total. The van der Waals surface area contributed by atoms with Crippen LogP contribution in [0.25, 0.3) is 0 Å². The van der Waals surface area contributed by atoms with E-state index in [2.05, 4.69) is 22.8 Å². The first-order valence-electron chi connectivity index (χ1n) is 8.57. The van der Waals surface area contributed by atoms with Crippen LogP contribution in [0, 0.1) is 5.82 Å². The van der Waals surface area contributed by atoms with E-state index in [-0.39, 0.29) is 17.6 Å². The fraction of sp³-hybridized carbons (Fsp3) is 0.250. The Labute approximate surface area is 152 Å². The van der Waals surface area contributed by atoms with Gasteiger partial charge in [-0.25, -0.2) is 9.82 Å². The quantitative estimate of drug-likeness (QED) is 0.425. The summed E-state index contributed by atoms with van der Waals surface area (Å²) in [5.74, 6) is -0.729. The number of unbranched alkanes of at least 4 members (excludes halogenated alkanes) is 2. The van der Waals surface area contributed by atoms with E-state index in [4.69, 9.17) is 0 Å². The van der Waals surface area contributed by atoms with E-state index < -0.39 is 0 Å². The fourth-order valence-corrected chi connectivity index (χ4v) is 2.24. The van der Waals surface area contributed by atoms with Crippen molar-refractivity contribution in [3.8, 4) is 0 Å². The van der Waals surface area contributed by atoms with Gasteiger partial charge in [-0.05, 0) is 48.4 Å². The van der Waals surface area contributed by atoms with Crippen molar-refractivity contribution >= 4 is 23.7 Å². The molecule has 0 aliphatic carbocycles. The van der Waals surface area contributed by atoms with Crippen molar-refractivity contribution in [3.63, 3.8) is 0 Å². The largest absolute Gasteiger partial charge is 0.326 e. The van der Waals surface area contributed by atoms with Gasteiger partial charge in [-0.1, -0.05) is 31.9 Å². The average molecular weight is 355 g/mol. The van der Waals surface area contributed by atoms with Gasteiger partial charge in [-0.3, -0.25) is 9.59 Å². The van der Waals surface area contributed by atoms with Gasteiger partial charge in [-0.15, -0.1) is 0 Å². The molecule has 0 saturated carbocycles. The Bertz CT molecular complexity index is 756. The lowest BCUT2D eigenvalue weighted by atomic mass is 10.1. The molecule has 0 atom stereocenters. The molecule has 0 fully saturated rings. The Morgan fingerprint density at radius 3 is 2.38 bits per heavy atom. The van der Waals surface area contributed by atoms with E-state index in [0.717, 1.165) is 19.3 Å². The highest BCUT2D eigenvalue weighted by atomic mass is 19.1. The van der Waals surface area contributed by atoms with Crippen LogP contribution in [0.3, 0.4) is 0 Å². The van der Waals surface area contributed by atoms with E-state index in [1.807, 2.05) is 0 Å². The van der Waals surface area contributed by atoms with Crippen LogP contribution in [-0.4, -0.2) is 18.0 Å². The number of rotatable bonds is 8. The van der Waals surface area contributed by atoms with Gasteiger partial charge in [-0.2, -0.15) is 5.10 Å². The van der Waals surface area contributed by atoms with Crippen molar-refractivity contribution in [2.75, 3.05) is 5.32 Å². The molecular formula is C20H22FN3O2. The smallest absolute Gasteiger partial charge is 0.271 e. The zero-order chi connectivity index (χ0) is 18.8. The fourth-order valence-electron chi connectivity index (χ4n) is 2.24. The highest BCUT2D eigenvalue weighted by Gasteiger charge is 2.06. The number of nitrogens with zero attached hydrogens (tertiary/aromatic N) is 1. The third-order valence-corrected chi connectivity index (χ3v) is 3.69. The van der Waals surface area contributed by atoms with E-state index in [0.29, 0.717) is 23.2 Å². The minimum absolute atomic E-state index is 0.0282. The summed E-state index contributed by atoms with van der Waals surface area (Å²) in [6, 6.07) is 12.3. The second kappa shape index (κ2) is 10.1. The summed E-state index contributed by atoms with van der Waals surface area (Å²) >= 11 is 0. The van der Waals surface area contributed by atoms with Gasteiger partial charge >= 0.3 is 0 Å². The number of hydrogen-bond donors (Lipinski definition) is 2. The van der Waals surface area contributed by atoms with Crippen molar-refractivity contribution in [2.45, 2.75) is 32.6 Å². The van der Waals surface area contributed by atoms with Crippen molar-refractivity contribution in [1.29, 1.82) is 0 Å². The zero-order valence-electron chi connectivity index (χ0n) is 14.7. The molecule has 2 amide bonds. The Morgan fingerprint density at radius 2 is 1.73 bits per heavy atom. The molecule has 0 unspecified atom stereocenters. The topological polar surface area (TPSA) is 70.6 Å². The van der Waals surface area contributed by atoms with Gasteiger partial charge < -0.3 is 5.32 Å². The third kappa shape index (κ3) is 6.47. The molecule has 0 bridgehead atoms. The summed E-state index contributed by atoms with van der Waals surface area (Å²) in [7, 11) is 0. The maximum Gasteiger partial charge on any atom is 0.271 e. The molecule has 136 valence electrons. The molecule has 0 spiro atoms. The first-order valence-corrected chi connectivity index (χ1v) is 8.57. The molecule has 26 heavy (non-hydrogen) atoms. The number of hydrogen-bond acceptors (Lipinski definition) is 3. The van der Waals surface area contributed by atoms with Crippen molar-refractivity contribution in [1.82, 2.24) is 5.43 Å². The van der Waals surface area contributed by atoms with Gasteiger partial charge in [0.25, 0.3) is 5.91 Å². The summed E-state index contributed by atoms with van der Waals surface area (Å²) in [5.41, 5.74) is 4.15. The third-order valence-electron chi connectivity index (χ3n) is 3.69. The molecule has 0 aliphatic rings. The van der Waals surface area contributed by atoms with Crippen LogP contribution in [0.1, 0.15) is 48.5 Å². The van der Waals surface area contributed by atoms with Crippen LogP contribution in [0.5, 0.6) is 0 Å². The summed E-state index contributed by atoms with van der Waals surface area (Å²) in [6.45, 7) is 2.09. The van der Waals surface area contributed by atoms with Gasteiger partial charge in [0.1, 0.15) is 5.82 Å². The summed E-state index contributed by atoms with van der Waals surface area (Å²) in [4.78, 5) is 23.8. The number of nitrogens with one attached hydrogen (secondary N) is 2. The lowest BCUT2D eigenvalue weighted by Crippen LogP contribution is -2.17. The van der Waals surface area contributed by atoms with Crippen LogP contribution in [0.4, 0.5) is 10.1 Å². The number of benzene rings is 2. The molecule has 0 saturated heterocycles. The number of hydrazone groups is 1. The average Bonchev–Trinajstić information content (AvgIpc) is 2.64. The van der Waals surface area contributed by atoms with Gasteiger partial charge in [0.2, 0.25) is 5.91 Å². The van der Waals surface area contributed by atoms with E-state index in [9.17, 15) is 14.0 Å². The molecular weight excluding hydrogens is 333 g/mol. The summed E-state index contributed by atoms with van der Waals surface area (Å²) in [6.07, 6.45) is 4.90. The highest BCUT2D eigenvalue weighted by Crippen LogP contribution is 2.11. The molecule has 2 aromatic carbocycles. The van der Waals surface area contributed by atoms with Crippen LogP contribution >= 0.6 is 0 Å². The number of anilines is 1. The Kier molecular flexibility index (Phi) is 7.49. The van der Waals surface area contributed by atoms with Crippen molar-refractivity contribution < 1.29 is 14.0 Å². The predicted octanol–water partition coefficient (Wildman–Crippen LogP) is 4.11. The molecule has 2 rings (SSSR count). The normalized spacial score (nSPS) is 10.7. The molecule has 6 heteroatoms. The monoisotopic (exact) mass is 355 g/mol. The lowest BCUT2D eigenvalue weighted by Gasteiger charge is -2.06. The maximum atomic E-state index is 12.8. The molecule has 2 aromatic rings. The Hall–Kier alpha value is -3.02. The molecule has 0 aromatic heterocycles. The number of carbonyl (C=O) groups excluding carboxylic acids is 2. The van der Waals surface area contributed by atoms with Crippen LogP contribution in [-0.2, 0) is 4.79 Å². The first kappa shape index (κ1) is 19.3. The maximum absolute atomic E-state index is 12.8. The molecule has 0 radical (unpaired) electrons. The predicted molar refractivity (Wildman–Crippen MR) is 101 cm³/mol. The highest BCUT2D eigenvalue weighted by molar-refractivity contribution is 5.96. The lowest BCUT2D eigenvalue weighted by molar-refractivity contribution is -0.116. The first-order chi connectivity index (χ1) is 12.6. The minimum atomic E-state index is -0.371. The van der Waals surface area contributed by atoms with Crippen molar-refractivity contribution in [3.05, 3.63) is 65.5 Å². The van der Waals surface area contributed by atoms with E-state index in [1.54, 1.807) is 36.4 Å². The summed E-state index contributed by atoms with van der Waals surface area (Å²) in [5, 5.41) is 6.65. The standard InChI is InChI=1S/C20H22FN3O2/c1-2-3-4-5-19(25)23-18-12-8-16(9-13-18)20(26)24-22-14-15-6-10-17(21)11-7-15/h6-14H,2-5H2,1H3,(H,23,25)(H,24,26)/b22-14-. The molecule has 2 N–H and O–H groups in total. The van der Waals surface area contributed by atoms with E-state index >= 15 is 0 Å². The molecule has 0 aliphatic heterocycles. The molecule has 0 heterocycles. The van der Waals surface area contributed by atoms with Gasteiger partial charge in [0.05, 0.1) is 6.21 Å². The van der Waals surface area contributed by atoms with E-state index in [1.165, 1.54) is 18.3 Å². The Morgan fingerprint density at radius 1 is 1.04 bits per heavy atom. The number of halogens is 1. The zero-order valence-corrected chi connectivity index (χ0v) is 14.7.